The Hall–Kier alpha value is -3.81. The molecule has 0 fully saturated rings. The molecule has 130 valence electrons. The highest BCUT2D eigenvalue weighted by Crippen LogP contribution is 2.25. The van der Waals surface area contributed by atoms with Gasteiger partial charge in [0.2, 0.25) is 5.89 Å². The standard InChI is InChI=1S/C18H15N5O3/c19-16-13-7-11(4-5-14(13)22-23-16)18-21-15(9-26-18)17(25)20-8-10-2-1-3-12(24)6-10/h1-7,9,24H,8H2,(H,20,25)(H3,19,22,23). The van der Waals surface area contributed by atoms with Crippen molar-refractivity contribution in [3.8, 4) is 17.2 Å². The van der Waals surface area contributed by atoms with E-state index < -0.39 is 0 Å². The van der Waals surface area contributed by atoms with E-state index in [0.717, 1.165) is 16.5 Å². The van der Waals surface area contributed by atoms with Crippen molar-refractivity contribution >= 4 is 22.6 Å². The third-order valence-corrected chi connectivity index (χ3v) is 3.94. The number of nitrogens with one attached hydrogen (secondary N) is 2. The quantitative estimate of drug-likeness (QED) is 0.448. The SMILES string of the molecule is Nc1n[nH]c2ccc(-c3nc(C(=O)NCc4cccc(O)c4)co3)cc12. The normalized spacial score (nSPS) is 10.9. The van der Waals surface area contributed by atoms with Crippen molar-refractivity contribution < 1.29 is 14.3 Å². The number of nitrogens with zero attached hydrogens (tertiary/aromatic N) is 2. The molecule has 4 rings (SSSR count). The maximum atomic E-state index is 12.2. The van der Waals surface area contributed by atoms with Crippen LogP contribution in [-0.4, -0.2) is 26.2 Å². The number of carbonyl (C=O) groups excluding carboxylic acids is 1. The number of aromatic hydroxyl groups is 1. The highest BCUT2D eigenvalue weighted by Gasteiger charge is 2.14. The maximum absolute atomic E-state index is 12.2. The van der Waals surface area contributed by atoms with E-state index in [-0.39, 0.29) is 23.9 Å². The van der Waals surface area contributed by atoms with E-state index in [1.165, 1.54) is 6.26 Å². The summed E-state index contributed by atoms with van der Waals surface area (Å²) >= 11 is 0. The van der Waals surface area contributed by atoms with Gasteiger partial charge in [-0.05, 0) is 35.9 Å². The minimum absolute atomic E-state index is 0.148. The molecule has 8 heteroatoms. The number of carbonyl (C=O) groups is 1. The van der Waals surface area contributed by atoms with Gasteiger partial charge in [-0.15, -0.1) is 0 Å². The maximum Gasteiger partial charge on any atom is 0.273 e. The van der Waals surface area contributed by atoms with Gasteiger partial charge in [0.15, 0.2) is 11.5 Å². The molecular weight excluding hydrogens is 334 g/mol. The first-order valence-corrected chi connectivity index (χ1v) is 7.86. The van der Waals surface area contributed by atoms with Crippen LogP contribution in [-0.2, 0) is 6.54 Å². The molecule has 2 heterocycles. The van der Waals surface area contributed by atoms with Crippen molar-refractivity contribution in [2.24, 2.45) is 0 Å². The summed E-state index contributed by atoms with van der Waals surface area (Å²) in [7, 11) is 0. The van der Waals surface area contributed by atoms with Gasteiger partial charge in [0.1, 0.15) is 12.0 Å². The first kappa shape index (κ1) is 15.7. The van der Waals surface area contributed by atoms with Crippen LogP contribution in [0.15, 0.2) is 53.1 Å². The topological polar surface area (TPSA) is 130 Å². The Bertz CT molecular complexity index is 1100. The molecule has 0 saturated heterocycles. The summed E-state index contributed by atoms with van der Waals surface area (Å²) in [6.07, 6.45) is 1.30. The lowest BCUT2D eigenvalue weighted by Gasteiger charge is -2.03. The number of hydrogen-bond donors (Lipinski definition) is 4. The van der Waals surface area contributed by atoms with Gasteiger partial charge >= 0.3 is 0 Å². The lowest BCUT2D eigenvalue weighted by atomic mass is 10.1. The van der Waals surface area contributed by atoms with Gasteiger partial charge in [0, 0.05) is 17.5 Å². The highest BCUT2D eigenvalue weighted by molar-refractivity contribution is 5.93. The number of amides is 1. The molecule has 4 aromatic rings. The number of nitrogen functional groups attached to an aromatic ring is 1. The number of oxazole rings is 1. The minimum Gasteiger partial charge on any atom is -0.508 e. The second-order valence-corrected chi connectivity index (χ2v) is 5.76. The molecule has 0 radical (unpaired) electrons. The number of phenolic OH excluding ortho intramolecular Hbond substituents is 1. The Kier molecular flexibility index (Phi) is 3.77. The molecule has 0 atom stereocenters. The summed E-state index contributed by atoms with van der Waals surface area (Å²) in [4.78, 5) is 16.5. The van der Waals surface area contributed by atoms with E-state index in [0.29, 0.717) is 17.3 Å². The molecule has 0 aliphatic rings. The van der Waals surface area contributed by atoms with Crippen LogP contribution < -0.4 is 11.1 Å². The van der Waals surface area contributed by atoms with Gasteiger partial charge in [0.05, 0.1) is 5.52 Å². The molecule has 26 heavy (non-hydrogen) atoms. The van der Waals surface area contributed by atoms with E-state index in [2.05, 4.69) is 20.5 Å². The van der Waals surface area contributed by atoms with E-state index in [1.54, 1.807) is 36.4 Å². The number of rotatable bonds is 4. The predicted octanol–water partition coefficient (Wildman–Crippen LogP) is 2.44. The predicted molar refractivity (Wildman–Crippen MR) is 95.3 cm³/mol. The van der Waals surface area contributed by atoms with Crippen molar-refractivity contribution in [1.82, 2.24) is 20.5 Å². The number of fused-ring (bicyclic) bond motifs is 1. The van der Waals surface area contributed by atoms with Crippen molar-refractivity contribution in [1.29, 1.82) is 0 Å². The van der Waals surface area contributed by atoms with Crippen LogP contribution in [0.1, 0.15) is 16.1 Å². The zero-order valence-corrected chi connectivity index (χ0v) is 13.6. The first-order valence-electron chi connectivity index (χ1n) is 7.86. The molecule has 0 spiro atoms. The smallest absolute Gasteiger partial charge is 0.273 e. The average Bonchev–Trinajstić information content (AvgIpc) is 3.27. The Labute approximate surface area is 147 Å². The first-order chi connectivity index (χ1) is 12.6. The number of aromatic nitrogens is 3. The summed E-state index contributed by atoms with van der Waals surface area (Å²) in [5.74, 6) is 0.481. The Morgan fingerprint density at radius 1 is 1.27 bits per heavy atom. The van der Waals surface area contributed by atoms with Crippen LogP contribution in [0.25, 0.3) is 22.4 Å². The van der Waals surface area contributed by atoms with Crippen LogP contribution in [0.4, 0.5) is 5.82 Å². The van der Waals surface area contributed by atoms with Gasteiger partial charge < -0.3 is 20.6 Å². The van der Waals surface area contributed by atoms with Crippen molar-refractivity contribution in [3.05, 3.63) is 60.0 Å². The third-order valence-electron chi connectivity index (χ3n) is 3.94. The molecule has 5 N–H and O–H groups in total. The van der Waals surface area contributed by atoms with Crippen LogP contribution >= 0.6 is 0 Å². The monoisotopic (exact) mass is 349 g/mol. The Morgan fingerprint density at radius 3 is 3.00 bits per heavy atom. The zero-order valence-electron chi connectivity index (χ0n) is 13.6. The van der Waals surface area contributed by atoms with Crippen molar-refractivity contribution in [3.63, 3.8) is 0 Å². The number of hydrogen-bond acceptors (Lipinski definition) is 6. The number of H-pyrrole nitrogens is 1. The molecule has 0 aliphatic heterocycles. The molecule has 2 aromatic carbocycles. The van der Waals surface area contributed by atoms with Gasteiger partial charge in [0.25, 0.3) is 5.91 Å². The summed E-state index contributed by atoms with van der Waals surface area (Å²) in [6, 6.07) is 12.1. The van der Waals surface area contributed by atoms with Crippen molar-refractivity contribution in [2.75, 3.05) is 5.73 Å². The van der Waals surface area contributed by atoms with Crippen LogP contribution in [0.5, 0.6) is 5.75 Å². The molecule has 0 unspecified atom stereocenters. The fourth-order valence-corrected chi connectivity index (χ4v) is 2.62. The lowest BCUT2D eigenvalue weighted by molar-refractivity contribution is 0.0946. The molecule has 0 aliphatic carbocycles. The van der Waals surface area contributed by atoms with E-state index in [9.17, 15) is 9.90 Å². The van der Waals surface area contributed by atoms with E-state index >= 15 is 0 Å². The molecule has 2 aromatic heterocycles. The van der Waals surface area contributed by atoms with E-state index in [4.69, 9.17) is 10.2 Å². The number of nitrogens with two attached hydrogens (primary N) is 1. The molecular formula is C18H15N5O3. The average molecular weight is 349 g/mol. The molecule has 1 amide bonds. The second-order valence-electron chi connectivity index (χ2n) is 5.76. The summed E-state index contributed by atoms with van der Waals surface area (Å²) in [5, 5.41) is 19.7. The molecule has 0 bridgehead atoms. The van der Waals surface area contributed by atoms with Crippen LogP contribution in [0, 0.1) is 0 Å². The van der Waals surface area contributed by atoms with Crippen LogP contribution in [0.3, 0.4) is 0 Å². The second kappa shape index (κ2) is 6.25. The number of phenols is 1. The summed E-state index contributed by atoms with van der Waals surface area (Å²) in [5.41, 5.74) is 8.25. The lowest BCUT2D eigenvalue weighted by Crippen LogP contribution is -2.23. The van der Waals surface area contributed by atoms with Gasteiger partial charge in [-0.3, -0.25) is 9.89 Å². The van der Waals surface area contributed by atoms with E-state index in [1.807, 2.05) is 6.07 Å². The zero-order chi connectivity index (χ0) is 18.1. The number of benzene rings is 2. The molecule has 0 saturated carbocycles. The minimum atomic E-state index is -0.368. The number of aromatic amines is 1. The largest absolute Gasteiger partial charge is 0.508 e. The summed E-state index contributed by atoms with van der Waals surface area (Å²) < 4.78 is 5.42. The van der Waals surface area contributed by atoms with Crippen LogP contribution in [0.2, 0.25) is 0 Å². The third kappa shape index (κ3) is 2.95. The summed E-state index contributed by atoms with van der Waals surface area (Å²) in [6.45, 7) is 0.271. The fraction of sp³-hybridized carbons (Fsp3) is 0.0556. The van der Waals surface area contributed by atoms with Gasteiger partial charge in [-0.25, -0.2) is 4.98 Å². The van der Waals surface area contributed by atoms with Gasteiger partial charge in [-0.1, -0.05) is 12.1 Å². The Balaban J connectivity index is 1.51. The number of anilines is 1. The Morgan fingerprint density at radius 2 is 2.15 bits per heavy atom. The fourth-order valence-electron chi connectivity index (χ4n) is 2.62. The van der Waals surface area contributed by atoms with Gasteiger partial charge in [-0.2, -0.15) is 5.10 Å². The highest BCUT2D eigenvalue weighted by atomic mass is 16.3. The molecule has 8 nitrogen and oxygen atoms in total. The van der Waals surface area contributed by atoms with Crippen molar-refractivity contribution in [2.45, 2.75) is 6.54 Å².